The average molecular weight is 283 g/mol. The third-order valence-electron chi connectivity index (χ3n) is 3.07. The molecular formula is C12H17N3O3S. The lowest BCUT2D eigenvalue weighted by atomic mass is 10.1. The summed E-state index contributed by atoms with van der Waals surface area (Å²) >= 11 is 1.61. The van der Waals surface area contributed by atoms with Crippen molar-refractivity contribution in [3.05, 3.63) is 18.2 Å². The van der Waals surface area contributed by atoms with E-state index in [4.69, 9.17) is 5.11 Å². The van der Waals surface area contributed by atoms with Gasteiger partial charge in [-0.2, -0.15) is 0 Å². The molecule has 2 atom stereocenters. The maximum Gasteiger partial charge on any atom is 0.326 e. The predicted octanol–water partition coefficient (Wildman–Crippen LogP) is 0.807. The number of carbonyl (C=O) groups is 2. The molecule has 1 unspecified atom stereocenters. The van der Waals surface area contributed by atoms with Crippen molar-refractivity contribution in [2.45, 2.75) is 37.0 Å². The third kappa shape index (κ3) is 3.99. The van der Waals surface area contributed by atoms with Crippen molar-refractivity contribution in [1.82, 2.24) is 15.3 Å². The summed E-state index contributed by atoms with van der Waals surface area (Å²) in [5.74, 6) is -0.225. The Morgan fingerprint density at radius 3 is 3.00 bits per heavy atom. The molecule has 0 bridgehead atoms. The molecule has 1 aliphatic heterocycles. The second-order valence-electron chi connectivity index (χ2n) is 4.54. The highest BCUT2D eigenvalue weighted by atomic mass is 32.2. The van der Waals surface area contributed by atoms with Crippen LogP contribution < -0.4 is 5.32 Å². The monoisotopic (exact) mass is 283 g/mol. The number of aromatic nitrogens is 2. The summed E-state index contributed by atoms with van der Waals surface area (Å²) in [6.45, 7) is 0. The lowest BCUT2D eigenvalue weighted by Gasteiger charge is -2.22. The van der Waals surface area contributed by atoms with Gasteiger partial charge in [0.25, 0.3) is 0 Å². The summed E-state index contributed by atoms with van der Waals surface area (Å²) in [6.07, 6.45) is 6.27. The summed E-state index contributed by atoms with van der Waals surface area (Å²) in [6, 6.07) is -0.907. The van der Waals surface area contributed by atoms with E-state index < -0.39 is 12.0 Å². The van der Waals surface area contributed by atoms with Gasteiger partial charge in [-0.3, -0.25) is 4.79 Å². The molecule has 0 aromatic carbocycles. The number of carbonyl (C=O) groups excluding carboxylic acids is 1. The molecule has 1 fully saturated rings. The fraction of sp³-hybridized carbons (Fsp3) is 0.583. The van der Waals surface area contributed by atoms with Crippen LogP contribution in [0.2, 0.25) is 0 Å². The zero-order chi connectivity index (χ0) is 13.7. The molecule has 7 heteroatoms. The quantitative estimate of drug-likeness (QED) is 0.743. The Kier molecular flexibility index (Phi) is 4.84. The van der Waals surface area contributed by atoms with E-state index >= 15 is 0 Å². The van der Waals surface area contributed by atoms with Crippen LogP contribution in [0, 0.1) is 0 Å². The molecule has 2 rings (SSSR count). The van der Waals surface area contributed by atoms with Gasteiger partial charge in [-0.15, -0.1) is 11.8 Å². The van der Waals surface area contributed by atoms with E-state index in [2.05, 4.69) is 15.3 Å². The van der Waals surface area contributed by atoms with Crippen molar-refractivity contribution in [3.8, 4) is 0 Å². The average Bonchev–Trinajstić information content (AvgIpc) is 2.91. The summed E-state index contributed by atoms with van der Waals surface area (Å²) in [4.78, 5) is 29.9. The van der Waals surface area contributed by atoms with E-state index in [1.54, 1.807) is 18.0 Å². The number of H-pyrrole nitrogens is 1. The van der Waals surface area contributed by atoms with Gasteiger partial charge in [0.2, 0.25) is 5.91 Å². The normalized spacial score (nSPS) is 20.7. The maximum atomic E-state index is 12.0. The molecule has 0 radical (unpaired) electrons. The predicted molar refractivity (Wildman–Crippen MR) is 72.0 cm³/mol. The molecule has 1 amide bonds. The first kappa shape index (κ1) is 13.9. The molecule has 19 heavy (non-hydrogen) atoms. The third-order valence-corrected chi connectivity index (χ3v) is 4.44. The van der Waals surface area contributed by atoms with Crippen molar-refractivity contribution in [2.75, 3.05) is 5.75 Å². The number of imidazole rings is 1. The smallest absolute Gasteiger partial charge is 0.326 e. The first-order chi connectivity index (χ1) is 9.16. The van der Waals surface area contributed by atoms with E-state index in [1.165, 1.54) is 6.33 Å². The topological polar surface area (TPSA) is 95.1 Å². The Morgan fingerprint density at radius 1 is 1.58 bits per heavy atom. The first-order valence-corrected chi connectivity index (χ1v) is 7.33. The van der Waals surface area contributed by atoms with Crippen LogP contribution in [0.3, 0.4) is 0 Å². The highest BCUT2D eigenvalue weighted by molar-refractivity contribution is 8.00. The van der Waals surface area contributed by atoms with Gasteiger partial charge in [0, 0.05) is 18.3 Å². The van der Waals surface area contributed by atoms with Gasteiger partial charge in [0.05, 0.1) is 11.6 Å². The molecule has 0 aliphatic carbocycles. The van der Waals surface area contributed by atoms with E-state index in [9.17, 15) is 9.59 Å². The summed E-state index contributed by atoms with van der Waals surface area (Å²) < 4.78 is 0. The van der Waals surface area contributed by atoms with Crippen LogP contribution in [0.4, 0.5) is 0 Å². The van der Waals surface area contributed by atoms with Gasteiger partial charge in [-0.25, -0.2) is 9.78 Å². The minimum absolute atomic E-state index is 0.114. The van der Waals surface area contributed by atoms with Crippen molar-refractivity contribution in [1.29, 1.82) is 0 Å². The Labute approximate surface area is 115 Å². The molecule has 6 nitrogen and oxygen atoms in total. The van der Waals surface area contributed by atoms with Crippen LogP contribution in [0.5, 0.6) is 0 Å². The second-order valence-corrected chi connectivity index (χ2v) is 5.85. The number of rotatable bonds is 5. The highest BCUT2D eigenvalue weighted by Gasteiger charge is 2.27. The minimum Gasteiger partial charge on any atom is -0.480 e. The Bertz CT molecular complexity index is 429. The molecule has 1 aromatic heterocycles. The van der Waals surface area contributed by atoms with Crippen molar-refractivity contribution < 1.29 is 14.7 Å². The number of hydrogen-bond acceptors (Lipinski definition) is 4. The van der Waals surface area contributed by atoms with Crippen molar-refractivity contribution >= 4 is 23.6 Å². The van der Waals surface area contributed by atoms with Crippen LogP contribution in [-0.4, -0.2) is 44.0 Å². The fourth-order valence-electron chi connectivity index (χ4n) is 2.03. The van der Waals surface area contributed by atoms with Gasteiger partial charge >= 0.3 is 5.97 Å². The summed E-state index contributed by atoms with van der Waals surface area (Å²) in [7, 11) is 0. The molecule has 0 spiro atoms. The molecule has 2 heterocycles. The van der Waals surface area contributed by atoms with Crippen molar-refractivity contribution in [2.24, 2.45) is 0 Å². The van der Waals surface area contributed by atoms with Gasteiger partial charge in [-0.05, 0) is 18.6 Å². The molecular weight excluding hydrogens is 266 g/mol. The molecule has 3 N–H and O–H groups in total. The first-order valence-electron chi connectivity index (χ1n) is 6.29. The van der Waals surface area contributed by atoms with Crippen LogP contribution in [0.15, 0.2) is 12.5 Å². The Balaban J connectivity index is 1.92. The number of nitrogens with zero attached hydrogens (tertiary/aromatic N) is 1. The lowest BCUT2D eigenvalue weighted by Crippen LogP contribution is -2.46. The van der Waals surface area contributed by atoms with E-state index in [0.29, 0.717) is 5.69 Å². The van der Waals surface area contributed by atoms with Gasteiger partial charge in [0.15, 0.2) is 0 Å². The number of carboxylic acid groups (broad SMARTS) is 1. The number of aromatic amines is 1. The maximum absolute atomic E-state index is 12.0. The van der Waals surface area contributed by atoms with Gasteiger partial charge in [0.1, 0.15) is 6.04 Å². The zero-order valence-corrected chi connectivity index (χ0v) is 11.3. The minimum atomic E-state index is -1.02. The van der Waals surface area contributed by atoms with Gasteiger partial charge in [-0.1, -0.05) is 6.42 Å². The van der Waals surface area contributed by atoms with Gasteiger partial charge < -0.3 is 15.4 Å². The largest absolute Gasteiger partial charge is 0.480 e. The number of hydrogen-bond donors (Lipinski definition) is 3. The van der Waals surface area contributed by atoms with E-state index in [1.807, 2.05) is 0 Å². The molecule has 104 valence electrons. The number of aliphatic carboxylic acids is 1. The van der Waals surface area contributed by atoms with Crippen LogP contribution in [-0.2, 0) is 16.0 Å². The molecule has 1 aromatic rings. The summed E-state index contributed by atoms with van der Waals surface area (Å²) in [5, 5.41) is 11.7. The number of nitrogens with one attached hydrogen (secondary N) is 2. The lowest BCUT2D eigenvalue weighted by molar-refractivity contribution is -0.141. The van der Waals surface area contributed by atoms with Crippen LogP contribution in [0.25, 0.3) is 0 Å². The van der Waals surface area contributed by atoms with E-state index in [-0.39, 0.29) is 17.6 Å². The van der Waals surface area contributed by atoms with Crippen LogP contribution in [0.1, 0.15) is 25.0 Å². The van der Waals surface area contributed by atoms with Crippen LogP contribution >= 0.6 is 11.8 Å². The Hall–Kier alpha value is -1.50. The fourth-order valence-corrected chi connectivity index (χ4v) is 3.24. The zero-order valence-electron chi connectivity index (χ0n) is 10.5. The standard InChI is InChI=1S/C12H17N3O3S/c16-11(10-3-1-2-4-19-10)15-9(12(17)18)5-8-6-13-7-14-8/h6-7,9-10H,1-5H2,(H,13,14)(H,15,16)(H,17,18)/t9-,10?/m1/s1. The summed E-state index contributed by atoms with van der Waals surface area (Å²) in [5.41, 5.74) is 0.698. The second kappa shape index (κ2) is 6.60. The van der Waals surface area contributed by atoms with Crippen molar-refractivity contribution in [3.63, 3.8) is 0 Å². The Morgan fingerprint density at radius 2 is 2.42 bits per heavy atom. The van der Waals surface area contributed by atoms with E-state index in [0.717, 1.165) is 25.0 Å². The molecule has 1 aliphatic rings. The molecule has 0 saturated carbocycles. The highest BCUT2D eigenvalue weighted by Crippen LogP contribution is 2.25. The SMILES string of the molecule is O=C(N[C@H](Cc1cnc[nH]1)C(=O)O)C1CCCCS1. The number of amides is 1. The molecule has 1 saturated heterocycles. The number of thioether (sulfide) groups is 1. The number of carboxylic acids is 1.